The highest BCUT2D eigenvalue weighted by Gasteiger charge is 2.40. The zero-order chi connectivity index (χ0) is 19.7. The van der Waals surface area contributed by atoms with Crippen LogP contribution in [0.25, 0.3) is 0 Å². The van der Waals surface area contributed by atoms with Crippen molar-refractivity contribution in [2.24, 2.45) is 0 Å². The van der Waals surface area contributed by atoms with E-state index in [2.05, 4.69) is 25.0 Å². The average Bonchev–Trinajstić information content (AvgIpc) is 3.14. The number of benzene rings is 1. The number of hydrogen-bond acceptors (Lipinski definition) is 5. The summed E-state index contributed by atoms with van der Waals surface area (Å²) in [7, 11) is 0. The molecule has 0 unspecified atom stereocenters. The fourth-order valence-corrected chi connectivity index (χ4v) is 2.40. The molecule has 140 valence electrons. The third kappa shape index (κ3) is 3.97. The molecule has 2 heterocycles. The molecule has 2 aromatic heterocycles. The van der Waals surface area contributed by atoms with Gasteiger partial charge in [-0.25, -0.2) is 0 Å². The Labute approximate surface area is 152 Å². The summed E-state index contributed by atoms with van der Waals surface area (Å²) in [6.07, 6.45) is -1.58. The van der Waals surface area contributed by atoms with E-state index in [0.29, 0.717) is 16.8 Å². The number of rotatable bonds is 4. The van der Waals surface area contributed by atoms with E-state index < -0.39 is 17.5 Å². The standard InChI is InChI=1S/C18H15F3N4O2/c1-17(2,15-24-16(27-25-15)18(19,20)21)12-5-3-11(4-6-12)14(26)23-13-7-9-22-10-8-13/h3-10H,1-2H3,(H,22,23,26). The van der Waals surface area contributed by atoms with Crippen LogP contribution in [0.1, 0.15) is 41.5 Å². The van der Waals surface area contributed by atoms with Crippen LogP contribution in [0.2, 0.25) is 0 Å². The first kappa shape index (κ1) is 18.6. The van der Waals surface area contributed by atoms with Gasteiger partial charge in [-0.05, 0) is 43.7 Å². The molecule has 3 rings (SSSR count). The lowest BCUT2D eigenvalue weighted by molar-refractivity contribution is -0.159. The van der Waals surface area contributed by atoms with Crippen molar-refractivity contribution >= 4 is 11.6 Å². The zero-order valence-corrected chi connectivity index (χ0v) is 14.4. The van der Waals surface area contributed by atoms with Gasteiger partial charge in [0.1, 0.15) is 0 Å². The molecule has 6 nitrogen and oxygen atoms in total. The van der Waals surface area contributed by atoms with Crippen LogP contribution in [0.15, 0.2) is 53.3 Å². The summed E-state index contributed by atoms with van der Waals surface area (Å²) in [6, 6.07) is 9.76. The van der Waals surface area contributed by atoms with Crippen LogP contribution in [0, 0.1) is 0 Å². The van der Waals surface area contributed by atoms with Crippen LogP contribution in [0.5, 0.6) is 0 Å². The maximum atomic E-state index is 12.7. The van der Waals surface area contributed by atoms with Crippen LogP contribution >= 0.6 is 0 Å². The molecule has 3 aromatic rings. The minimum Gasteiger partial charge on any atom is -0.329 e. The number of alkyl halides is 3. The van der Waals surface area contributed by atoms with E-state index in [9.17, 15) is 18.0 Å². The minimum absolute atomic E-state index is 0.0937. The predicted molar refractivity (Wildman–Crippen MR) is 90.1 cm³/mol. The maximum Gasteiger partial charge on any atom is 0.471 e. The highest BCUT2D eigenvalue weighted by Crippen LogP contribution is 2.33. The van der Waals surface area contributed by atoms with Crippen LogP contribution in [0.3, 0.4) is 0 Å². The summed E-state index contributed by atoms with van der Waals surface area (Å²) >= 11 is 0. The molecule has 0 spiro atoms. The van der Waals surface area contributed by atoms with Crippen molar-refractivity contribution in [1.82, 2.24) is 15.1 Å². The van der Waals surface area contributed by atoms with Crippen molar-refractivity contribution in [3.8, 4) is 0 Å². The molecule has 1 aromatic carbocycles. The largest absolute Gasteiger partial charge is 0.471 e. The van der Waals surface area contributed by atoms with Crippen LogP contribution in [0.4, 0.5) is 18.9 Å². The number of carbonyl (C=O) groups excluding carboxylic acids is 1. The molecule has 27 heavy (non-hydrogen) atoms. The number of halogens is 3. The Kier molecular flexibility index (Phi) is 4.69. The van der Waals surface area contributed by atoms with Crippen LogP contribution < -0.4 is 5.32 Å². The van der Waals surface area contributed by atoms with Crippen molar-refractivity contribution in [3.63, 3.8) is 0 Å². The van der Waals surface area contributed by atoms with E-state index in [0.717, 1.165) is 0 Å². The normalized spacial score (nSPS) is 12.0. The van der Waals surface area contributed by atoms with Gasteiger partial charge in [0, 0.05) is 23.6 Å². The summed E-state index contributed by atoms with van der Waals surface area (Å²) in [5.41, 5.74) is 0.700. The number of anilines is 1. The molecule has 0 aliphatic rings. The maximum absolute atomic E-state index is 12.7. The zero-order valence-electron chi connectivity index (χ0n) is 14.4. The Hall–Kier alpha value is -3.23. The van der Waals surface area contributed by atoms with E-state index in [1.54, 1.807) is 62.6 Å². The monoisotopic (exact) mass is 376 g/mol. The number of nitrogens with one attached hydrogen (secondary N) is 1. The van der Waals surface area contributed by atoms with Crippen LogP contribution in [-0.4, -0.2) is 21.0 Å². The first-order chi connectivity index (χ1) is 12.7. The first-order valence-electron chi connectivity index (χ1n) is 7.91. The molecule has 9 heteroatoms. The van der Waals surface area contributed by atoms with Gasteiger partial charge < -0.3 is 9.84 Å². The number of amides is 1. The lowest BCUT2D eigenvalue weighted by Crippen LogP contribution is -2.21. The molecular weight excluding hydrogens is 361 g/mol. The van der Waals surface area contributed by atoms with E-state index >= 15 is 0 Å². The molecule has 0 fully saturated rings. The van der Waals surface area contributed by atoms with Crippen molar-refractivity contribution in [2.45, 2.75) is 25.4 Å². The number of nitrogens with zero attached hydrogens (tertiary/aromatic N) is 3. The minimum atomic E-state index is -4.70. The molecule has 1 N–H and O–H groups in total. The predicted octanol–water partition coefficient (Wildman–Crippen LogP) is 4.06. The van der Waals surface area contributed by atoms with E-state index in [1.165, 1.54) is 0 Å². The lowest BCUT2D eigenvalue weighted by atomic mass is 9.83. The lowest BCUT2D eigenvalue weighted by Gasteiger charge is -2.21. The second-order valence-electron chi connectivity index (χ2n) is 6.31. The number of carbonyl (C=O) groups is 1. The Morgan fingerprint density at radius 1 is 1.04 bits per heavy atom. The second-order valence-corrected chi connectivity index (χ2v) is 6.31. The Morgan fingerprint density at radius 2 is 1.67 bits per heavy atom. The highest BCUT2D eigenvalue weighted by atomic mass is 19.4. The summed E-state index contributed by atoms with van der Waals surface area (Å²) < 4.78 is 42.3. The summed E-state index contributed by atoms with van der Waals surface area (Å²) in [6.45, 7) is 3.34. The van der Waals surface area contributed by atoms with Crippen molar-refractivity contribution in [3.05, 3.63) is 71.6 Å². The smallest absolute Gasteiger partial charge is 0.329 e. The molecule has 0 saturated heterocycles. The topological polar surface area (TPSA) is 80.9 Å². The number of aromatic nitrogens is 3. The number of pyridine rings is 1. The molecule has 0 aliphatic heterocycles. The van der Waals surface area contributed by atoms with Crippen LogP contribution in [-0.2, 0) is 11.6 Å². The molecular formula is C18H15F3N4O2. The van der Waals surface area contributed by atoms with Gasteiger partial charge in [0.25, 0.3) is 5.91 Å². The molecule has 0 aliphatic carbocycles. The molecule has 1 amide bonds. The van der Waals surface area contributed by atoms with Crippen molar-refractivity contribution in [2.75, 3.05) is 5.32 Å². The van der Waals surface area contributed by atoms with Crippen molar-refractivity contribution in [1.29, 1.82) is 0 Å². The van der Waals surface area contributed by atoms with E-state index in [1.807, 2.05) is 0 Å². The van der Waals surface area contributed by atoms with E-state index in [-0.39, 0.29) is 11.7 Å². The Bertz CT molecular complexity index is 935. The summed E-state index contributed by atoms with van der Waals surface area (Å²) in [4.78, 5) is 19.6. The first-order valence-corrected chi connectivity index (χ1v) is 7.91. The summed E-state index contributed by atoms with van der Waals surface area (Å²) in [5, 5.41) is 6.18. The van der Waals surface area contributed by atoms with Gasteiger partial charge in [0.15, 0.2) is 5.82 Å². The third-order valence-electron chi connectivity index (χ3n) is 4.03. The SMILES string of the molecule is CC(C)(c1ccc(C(=O)Nc2ccncc2)cc1)c1noc(C(F)(F)F)n1. The molecule has 0 radical (unpaired) electrons. The Morgan fingerprint density at radius 3 is 2.22 bits per heavy atom. The Balaban J connectivity index is 1.79. The van der Waals surface area contributed by atoms with E-state index in [4.69, 9.17) is 0 Å². The van der Waals surface area contributed by atoms with Gasteiger partial charge in [0.2, 0.25) is 0 Å². The van der Waals surface area contributed by atoms with Gasteiger partial charge in [-0.2, -0.15) is 18.2 Å². The van der Waals surface area contributed by atoms with Crippen molar-refractivity contribution < 1.29 is 22.5 Å². The van der Waals surface area contributed by atoms with Gasteiger partial charge >= 0.3 is 12.1 Å². The van der Waals surface area contributed by atoms with Gasteiger partial charge in [0.05, 0.1) is 5.41 Å². The second kappa shape index (κ2) is 6.82. The average molecular weight is 376 g/mol. The number of hydrogen-bond donors (Lipinski definition) is 1. The highest BCUT2D eigenvalue weighted by molar-refractivity contribution is 6.04. The molecule has 0 atom stereocenters. The quantitative estimate of drug-likeness (QED) is 0.743. The summed E-state index contributed by atoms with van der Waals surface area (Å²) in [5.74, 6) is -1.80. The van der Waals surface area contributed by atoms with Gasteiger partial charge in [-0.3, -0.25) is 9.78 Å². The fraction of sp³-hybridized carbons (Fsp3) is 0.222. The molecule has 0 saturated carbocycles. The van der Waals surface area contributed by atoms with Gasteiger partial charge in [-0.1, -0.05) is 17.3 Å². The third-order valence-corrected chi connectivity index (χ3v) is 4.03. The molecule has 0 bridgehead atoms. The van der Waals surface area contributed by atoms with Gasteiger partial charge in [-0.15, -0.1) is 0 Å². The fourth-order valence-electron chi connectivity index (χ4n) is 2.40.